The molecule has 6 aromatic rings. The summed E-state index contributed by atoms with van der Waals surface area (Å²) in [6, 6.07) is 33.3. The van der Waals surface area contributed by atoms with Gasteiger partial charge in [0, 0.05) is 37.6 Å². The van der Waals surface area contributed by atoms with Crippen molar-refractivity contribution in [2.45, 2.75) is 11.3 Å². The monoisotopic (exact) mass is 613 g/mol. The summed E-state index contributed by atoms with van der Waals surface area (Å²) in [6.07, 6.45) is -2.56. The van der Waals surface area contributed by atoms with Crippen LogP contribution in [0.3, 0.4) is 0 Å². The normalized spacial score (nSPS) is 11.3. The van der Waals surface area contributed by atoms with Crippen molar-refractivity contribution in [1.82, 2.24) is 3.97 Å². The molecule has 0 aliphatic rings. The Bertz CT molecular complexity index is 1960. The van der Waals surface area contributed by atoms with Crippen molar-refractivity contribution in [2.24, 2.45) is 0 Å². The lowest BCUT2D eigenvalue weighted by molar-refractivity contribution is 0.0600. The van der Waals surface area contributed by atoms with Gasteiger partial charge in [0.05, 0.1) is 23.9 Å². The Morgan fingerprint density at radius 3 is 2.23 bits per heavy atom. The molecule has 0 atom stereocenters. The van der Waals surface area contributed by atoms with Gasteiger partial charge in [-0.1, -0.05) is 78.3 Å². The molecule has 1 heterocycles. The third kappa shape index (κ3) is 5.66. The van der Waals surface area contributed by atoms with E-state index in [0.717, 1.165) is 43.9 Å². The van der Waals surface area contributed by atoms with Crippen molar-refractivity contribution < 1.29 is 22.7 Å². The minimum Gasteiger partial charge on any atom is -0.465 e. The molecule has 214 valence electrons. The van der Waals surface area contributed by atoms with E-state index in [4.69, 9.17) is 16.3 Å². The molecule has 0 radical (unpaired) electrons. The molecule has 0 aliphatic carbocycles. The van der Waals surface area contributed by atoms with Crippen LogP contribution in [-0.2, 0) is 4.74 Å². The molecule has 43 heavy (non-hydrogen) atoms. The molecule has 5 aromatic carbocycles. The lowest BCUT2D eigenvalue weighted by Gasteiger charge is -2.14. The van der Waals surface area contributed by atoms with Crippen molar-refractivity contribution in [3.05, 3.63) is 137 Å². The lowest BCUT2D eigenvalue weighted by atomic mass is 9.96. The van der Waals surface area contributed by atoms with Crippen LogP contribution in [0.5, 0.6) is 0 Å². The van der Waals surface area contributed by atoms with Crippen molar-refractivity contribution in [3.63, 3.8) is 0 Å². The van der Waals surface area contributed by atoms with Gasteiger partial charge in [-0.2, -0.15) is 0 Å². The van der Waals surface area contributed by atoms with E-state index in [0.29, 0.717) is 16.0 Å². The van der Waals surface area contributed by atoms with Gasteiger partial charge < -0.3 is 4.74 Å². The molecule has 1 aromatic heterocycles. The number of carbonyl (C=O) groups is 1. The molecule has 0 saturated carbocycles. The number of alkyl halides is 2. The van der Waals surface area contributed by atoms with Crippen molar-refractivity contribution in [3.8, 4) is 33.5 Å². The summed E-state index contributed by atoms with van der Waals surface area (Å²) in [4.78, 5) is 12.8. The highest BCUT2D eigenvalue weighted by molar-refractivity contribution is 7.98. The standard InChI is InChI=1S/C35H23ClF3NO2S/c1-42-35(41)25-12-16-28(30(36)19-25)23-8-5-9-24(18-23)33-32(21-6-3-2-4-7-21)29-20-26(37)13-17-31(29)40(33)43-27-14-10-22(11-15-27)34(38)39/h2-20,34H,1H3. The van der Waals surface area contributed by atoms with Crippen LogP contribution in [0.15, 0.2) is 120 Å². The average Bonchev–Trinajstić information content (AvgIpc) is 3.34. The molecule has 0 amide bonds. The predicted molar refractivity (Wildman–Crippen MR) is 167 cm³/mol. The van der Waals surface area contributed by atoms with Crippen molar-refractivity contribution in [1.29, 1.82) is 0 Å². The van der Waals surface area contributed by atoms with E-state index in [1.54, 1.807) is 36.4 Å². The quantitative estimate of drug-likeness (QED) is 0.168. The molecular formula is C35H23ClF3NO2S. The van der Waals surface area contributed by atoms with E-state index in [2.05, 4.69) is 0 Å². The van der Waals surface area contributed by atoms with E-state index in [1.165, 1.54) is 43.3 Å². The van der Waals surface area contributed by atoms with E-state index in [1.807, 2.05) is 58.6 Å². The van der Waals surface area contributed by atoms with Gasteiger partial charge in [-0.3, -0.25) is 3.97 Å². The lowest BCUT2D eigenvalue weighted by Crippen LogP contribution is -2.00. The first-order valence-electron chi connectivity index (χ1n) is 13.3. The van der Waals surface area contributed by atoms with Gasteiger partial charge >= 0.3 is 5.97 Å². The first-order chi connectivity index (χ1) is 20.8. The third-order valence-electron chi connectivity index (χ3n) is 7.12. The summed E-state index contributed by atoms with van der Waals surface area (Å²) >= 11 is 8.00. The largest absolute Gasteiger partial charge is 0.465 e. The Morgan fingerprint density at radius 2 is 1.53 bits per heavy atom. The number of halogens is 4. The van der Waals surface area contributed by atoms with Crippen LogP contribution < -0.4 is 0 Å². The van der Waals surface area contributed by atoms with E-state index in [9.17, 15) is 18.0 Å². The number of hydrogen-bond acceptors (Lipinski definition) is 3. The number of benzene rings is 5. The molecule has 6 rings (SSSR count). The van der Waals surface area contributed by atoms with Crippen LogP contribution in [0.4, 0.5) is 13.2 Å². The summed E-state index contributed by atoms with van der Waals surface area (Å²) in [7, 11) is 1.31. The number of hydrogen-bond donors (Lipinski definition) is 0. The summed E-state index contributed by atoms with van der Waals surface area (Å²) < 4.78 is 48.1. The molecule has 0 fully saturated rings. The molecular weight excluding hydrogens is 591 g/mol. The molecule has 0 saturated heterocycles. The van der Waals surface area contributed by atoms with Crippen LogP contribution in [0.25, 0.3) is 44.4 Å². The number of nitrogens with zero attached hydrogens (tertiary/aromatic N) is 1. The minimum atomic E-state index is -2.56. The van der Waals surface area contributed by atoms with Crippen LogP contribution >= 0.6 is 23.5 Å². The highest BCUT2D eigenvalue weighted by Crippen LogP contribution is 2.45. The van der Waals surface area contributed by atoms with Crippen LogP contribution in [0.2, 0.25) is 5.02 Å². The number of ether oxygens (including phenoxy) is 1. The molecule has 0 N–H and O–H groups in total. The van der Waals surface area contributed by atoms with E-state index >= 15 is 0 Å². The second-order valence-electron chi connectivity index (χ2n) is 9.77. The zero-order valence-electron chi connectivity index (χ0n) is 22.7. The van der Waals surface area contributed by atoms with Gasteiger partial charge in [-0.05, 0) is 71.6 Å². The molecule has 8 heteroatoms. The number of carbonyl (C=O) groups excluding carboxylic acids is 1. The van der Waals surface area contributed by atoms with E-state index < -0.39 is 12.4 Å². The number of fused-ring (bicyclic) bond motifs is 1. The highest BCUT2D eigenvalue weighted by atomic mass is 35.5. The smallest absolute Gasteiger partial charge is 0.337 e. The van der Waals surface area contributed by atoms with Gasteiger partial charge in [0.1, 0.15) is 5.82 Å². The Morgan fingerprint density at radius 1 is 0.814 bits per heavy atom. The van der Waals surface area contributed by atoms with Gasteiger partial charge in [-0.25, -0.2) is 18.0 Å². The molecule has 0 unspecified atom stereocenters. The number of aromatic nitrogens is 1. The first kappa shape index (κ1) is 28.6. The molecule has 3 nitrogen and oxygen atoms in total. The Balaban J connectivity index is 1.58. The van der Waals surface area contributed by atoms with Gasteiger partial charge in [0.25, 0.3) is 6.43 Å². The van der Waals surface area contributed by atoms with Gasteiger partial charge in [-0.15, -0.1) is 0 Å². The fourth-order valence-corrected chi connectivity index (χ4v) is 6.40. The van der Waals surface area contributed by atoms with E-state index in [-0.39, 0.29) is 11.4 Å². The molecule has 0 aliphatic heterocycles. The zero-order chi connectivity index (χ0) is 30.1. The Kier molecular flexibility index (Phi) is 8.02. The van der Waals surface area contributed by atoms with Crippen LogP contribution in [0.1, 0.15) is 22.3 Å². The number of rotatable bonds is 7. The topological polar surface area (TPSA) is 31.2 Å². The summed E-state index contributed by atoms with van der Waals surface area (Å²) in [5.74, 6) is -0.851. The fraction of sp³-hybridized carbons (Fsp3) is 0.0571. The maximum atomic E-state index is 14.7. The molecule has 0 bridgehead atoms. The number of methoxy groups -OCH3 is 1. The predicted octanol–water partition coefficient (Wildman–Crippen LogP) is 10.7. The van der Waals surface area contributed by atoms with Crippen LogP contribution in [-0.4, -0.2) is 17.1 Å². The maximum Gasteiger partial charge on any atom is 0.337 e. The minimum absolute atomic E-state index is 0.0585. The van der Waals surface area contributed by atoms with Gasteiger partial charge in [0.2, 0.25) is 0 Å². The van der Waals surface area contributed by atoms with Crippen molar-refractivity contribution in [2.75, 3.05) is 7.11 Å². The highest BCUT2D eigenvalue weighted by Gasteiger charge is 2.22. The average molecular weight is 614 g/mol. The third-order valence-corrected chi connectivity index (χ3v) is 8.47. The zero-order valence-corrected chi connectivity index (χ0v) is 24.3. The SMILES string of the molecule is COC(=O)c1ccc(-c2cccc(-c3c(-c4ccccc4)c4cc(F)ccc4n3Sc3ccc(C(F)F)cc3)c2)c(Cl)c1. The van der Waals surface area contributed by atoms with Crippen molar-refractivity contribution >= 4 is 40.4 Å². The second kappa shape index (κ2) is 12.0. The summed E-state index contributed by atoms with van der Waals surface area (Å²) in [5, 5.41) is 1.10. The Labute approximate surface area is 255 Å². The number of esters is 1. The van der Waals surface area contributed by atoms with Crippen LogP contribution in [0, 0.1) is 5.82 Å². The molecule has 0 spiro atoms. The van der Waals surface area contributed by atoms with Gasteiger partial charge in [0.15, 0.2) is 0 Å². The first-order valence-corrected chi connectivity index (χ1v) is 14.4. The second-order valence-corrected chi connectivity index (χ2v) is 11.2. The maximum absolute atomic E-state index is 14.7. The summed E-state index contributed by atoms with van der Waals surface area (Å²) in [6.45, 7) is 0. The fourth-order valence-electron chi connectivity index (χ4n) is 5.10. The summed E-state index contributed by atoms with van der Waals surface area (Å²) in [5.41, 5.74) is 5.95. The Hall–Kier alpha value is -4.46.